The number of hydrogen-bond donors (Lipinski definition) is 2. The number of aliphatic hydroxyl groups is 1. The van der Waals surface area contributed by atoms with Crippen molar-refractivity contribution in [3.05, 3.63) is 24.0 Å². The maximum Gasteiger partial charge on any atom is 0.0765 e. The smallest absolute Gasteiger partial charge is 0.0765 e. The van der Waals surface area contributed by atoms with E-state index in [1.54, 1.807) is 20.0 Å². The molecule has 0 aliphatic carbocycles. The normalized spacial score (nSPS) is 11.6. The fourth-order valence-corrected chi connectivity index (χ4v) is 1.63. The van der Waals surface area contributed by atoms with Gasteiger partial charge in [-0.25, -0.2) is 0 Å². The summed E-state index contributed by atoms with van der Waals surface area (Å²) in [7, 11) is 0. The Labute approximate surface area is 97.1 Å². The monoisotopic (exact) mass is 223 g/mol. The summed E-state index contributed by atoms with van der Waals surface area (Å²) in [5, 5.41) is 9.83. The summed E-state index contributed by atoms with van der Waals surface area (Å²) in [6.07, 6.45) is 1.75. The van der Waals surface area contributed by atoms with Crippen molar-refractivity contribution in [2.24, 2.45) is 5.73 Å². The van der Waals surface area contributed by atoms with Crippen LogP contribution < -0.4 is 10.6 Å². The molecule has 1 rings (SSSR count). The highest BCUT2D eigenvalue weighted by Gasteiger charge is 2.17. The highest BCUT2D eigenvalue weighted by Crippen LogP contribution is 2.17. The molecule has 1 aromatic heterocycles. The van der Waals surface area contributed by atoms with Crippen LogP contribution >= 0.6 is 0 Å². The highest BCUT2D eigenvalue weighted by molar-refractivity contribution is 5.46. The van der Waals surface area contributed by atoms with E-state index in [9.17, 15) is 5.11 Å². The molecule has 0 aliphatic rings. The lowest BCUT2D eigenvalue weighted by Gasteiger charge is -2.30. The van der Waals surface area contributed by atoms with Crippen LogP contribution in [0.5, 0.6) is 0 Å². The minimum absolute atomic E-state index is 0.438. The summed E-state index contributed by atoms with van der Waals surface area (Å²) in [4.78, 5) is 6.27. The average Bonchev–Trinajstić information content (AvgIpc) is 2.25. The Morgan fingerprint density at radius 2 is 2.19 bits per heavy atom. The fourth-order valence-electron chi connectivity index (χ4n) is 1.63. The summed E-state index contributed by atoms with van der Waals surface area (Å²) < 4.78 is 0. The number of pyridine rings is 1. The second-order valence-electron chi connectivity index (χ2n) is 4.54. The first-order valence-corrected chi connectivity index (χ1v) is 5.58. The Morgan fingerprint density at radius 1 is 1.50 bits per heavy atom. The van der Waals surface area contributed by atoms with Crippen molar-refractivity contribution in [1.29, 1.82) is 0 Å². The number of nitrogens with zero attached hydrogens (tertiary/aromatic N) is 2. The van der Waals surface area contributed by atoms with Crippen LogP contribution in [-0.2, 0) is 6.54 Å². The van der Waals surface area contributed by atoms with E-state index < -0.39 is 5.60 Å². The van der Waals surface area contributed by atoms with Gasteiger partial charge in [-0.05, 0) is 32.9 Å². The maximum absolute atomic E-state index is 9.83. The molecule has 0 saturated carbocycles. The van der Waals surface area contributed by atoms with Crippen LogP contribution in [0.3, 0.4) is 0 Å². The van der Waals surface area contributed by atoms with E-state index in [1.807, 2.05) is 12.1 Å². The lowest BCUT2D eigenvalue weighted by atomic mass is 10.1. The van der Waals surface area contributed by atoms with Crippen molar-refractivity contribution in [3.8, 4) is 0 Å². The first-order chi connectivity index (χ1) is 7.46. The van der Waals surface area contributed by atoms with Crippen LogP contribution in [-0.4, -0.2) is 28.8 Å². The predicted octanol–water partition coefficient (Wildman–Crippen LogP) is 1.14. The molecule has 0 aliphatic heterocycles. The summed E-state index contributed by atoms with van der Waals surface area (Å²) >= 11 is 0. The van der Waals surface area contributed by atoms with E-state index in [0.29, 0.717) is 13.1 Å². The molecule has 90 valence electrons. The number of rotatable bonds is 5. The molecule has 0 saturated heterocycles. The molecular weight excluding hydrogens is 202 g/mol. The predicted molar refractivity (Wildman–Crippen MR) is 66.3 cm³/mol. The Balaban J connectivity index is 2.86. The van der Waals surface area contributed by atoms with Crippen molar-refractivity contribution >= 4 is 5.69 Å². The molecular formula is C12H21N3O. The van der Waals surface area contributed by atoms with Gasteiger partial charge in [-0.3, -0.25) is 4.98 Å². The molecule has 3 N–H and O–H groups in total. The quantitative estimate of drug-likeness (QED) is 0.785. The topological polar surface area (TPSA) is 62.4 Å². The summed E-state index contributed by atoms with van der Waals surface area (Å²) in [5.74, 6) is 0. The number of likely N-dealkylation sites (N-methyl/N-ethyl adjacent to an activating group) is 1. The van der Waals surface area contributed by atoms with Gasteiger partial charge in [-0.15, -0.1) is 0 Å². The zero-order valence-electron chi connectivity index (χ0n) is 10.3. The first-order valence-electron chi connectivity index (χ1n) is 5.58. The zero-order valence-corrected chi connectivity index (χ0v) is 10.3. The van der Waals surface area contributed by atoms with E-state index in [2.05, 4.69) is 16.8 Å². The van der Waals surface area contributed by atoms with Crippen molar-refractivity contribution in [2.75, 3.05) is 18.0 Å². The third-order valence-corrected chi connectivity index (χ3v) is 2.33. The Bertz CT molecular complexity index is 333. The molecule has 0 fully saturated rings. The Morgan fingerprint density at radius 3 is 2.69 bits per heavy atom. The zero-order chi connectivity index (χ0) is 12.2. The van der Waals surface area contributed by atoms with E-state index in [4.69, 9.17) is 5.73 Å². The average molecular weight is 223 g/mol. The molecule has 0 bridgehead atoms. The first kappa shape index (κ1) is 12.9. The second-order valence-corrected chi connectivity index (χ2v) is 4.54. The second kappa shape index (κ2) is 5.27. The fraction of sp³-hybridized carbons (Fsp3) is 0.583. The van der Waals surface area contributed by atoms with Crippen molar-refractivity contribution < 1.29 is 5.11 Å². The molecule has 0 spiro atoms. The van der Waals surface area contributed by atoms with Crippen LogP contribution in [0.15, 0.2) is 18.3 Å². The molecule has 4 nitrogen and oxygen atoms in total. The van der Waals surface area contributed by atoms with Gasteiger partial charge >= 0.3 is 0 Å². The van der Waals surface area contributed by atoms with Gasteiger partial charge in [0, 0.05) is 31.5 Å². The van der Waals surface area contributed by atoms with Crippen molar-refractivity contribution in [3.63, 3.8) is 0 Å². The van der Waals surface area contributed by atoms with E-state index in [1.165, 1.54) is 0 Å². The largest absolute Gasteiger partial charge is 0.389 e. The van der Waals surface area contributed by atoms with Crippen LogP contribution in [0.4, 0.5) is 5.69 Å². The SMILES string of the molecule is CCN(CC(C)(C)O)c1ccnc(CN)c1. The lowest BCUT2D eigenvalue weighted by molar-refractivity contribution is 0.0876. The number of hydrogen-bond acceptors (Lipinski definition) is 4. The lowest BCUT2D eigenvalue weighted by Crippen LogP contribution is -2.38. The van der Waals surface area contributed by atoms with E-state index in [0.717, 1.165) is 17.9 Å². The van der Waals surface area contributed by atoms with E-state index in [-0.39, 0.29) is 0 Å². The van der Waals surface area contributed by atoms with Gasteiger partial charge in [-0.1, -0.05) is 0 Å². The van der Waals surface area contributed by atoms with Crippen molar-refractivity contribution in [2.45, 2.75) is 32.9 Å². The van der Waals surface area contributed by atoms with Gasteiger partial charge in [0.05, 0.1) is 11.3 Å². The number of aromatic nitrogens is 1. The molecule has 0 unspecified atom stereocenters. The molecule has 0 atom stereocenters. The summed E-state index contributed by atoms with van der Waals surface area (Å²) in [6.45, 7) is 7.55. The number of nitrogens with two attached hydrogens (primary N) is 1. The standard InChI is InChI=1S/C12H21N3O/c1-4-15(9-12(2,3)16)11-5-6-14-10(7-11)8-13/h5-7,16H,4,8-9,13H2,1-3H3. The van der Waals surface area contributed by atoms with Gasteiger partial charge in [0.15, 0.2) is 0 Å². The Kier molecular flexibility index (Phi) is 4.26. The molecule has 1 aromatic rings. The highest BCUT2D eigenvalue weighted by atomic mass is 16.3. The van der Waals surface area contributed by atoms with E-state index >= 15 is 0 Å². The van der Waals surface area contributed by atoms with Crippen LogP contribution in [0.2, 0.25) is 0 Å². The van der Waals surface area contributed by atoms with Crippen molar-refractivity contribution in [1.82, 2.24) is 4.98 Å². The maximum atomic E-state index is 9.83. The van der Waals surface area contributed by atoms with Gasteiger partial charge in [0.2, 0.25) is 0 Å². The Hall–Kier alpha value is -1.13. The van der Waals surface area contributed by atoms with Crippen LogP contribution in [0.25, 0.3) is 0 Å². The summed E-state index contributed by atoms with van der Waals surface area (Å²) in [6, 6.07) is 3.91. The molecule has 1 heterocycles. The van der Waals surface area contributed by atoms with Gasteiger partial charge < -0.3 is 15.7 Å². The van der Waals surface area contributed by atoms with Crippen LogP contribution in [0, 0.1) is 0 Å². The third-order valence-electron chi connectivity index (χ3n) is 2.33. The minimum Gasteiger partial charge on any atom is -0.389 e. The van der Waals surface area contributed by atoms with Crippen LogP contribution in [0.1, 0.15) is 26.5 Å². The molecule has 0 aromatic carbocycles. The molecule has 16 heavy (non-hydrogen) atoms. The molecule has 0 amide bonds. The molecule has 4 heteroatoms. The third kappa shape index (κ3) is 3.79. The van der Waals surface area contributed by atoms with Gasteiger partial charge in [0.25, 0.3) is 0 Å². The number of anilines is 1. The minimum atomic E-state index is -0.706. The van der Waals surface area contributed by atoms with Gasteiger partial charge in [-0.2, -0.15) is 0 Å². The summed E-state index contributed by atoms with van der Waals surface area (Å²) in [5.41, 5.74) is 6.77. The molecule has 0 radical (unpaired) electrons. The van der Waals surface area contributed by atoms with Gasteiger partial charge in [0.1, 0.15) is 0 Å².